The standard InChI is InChI=1S/C14H20N2O4S/c1-4-15-8-13-10(2)20-11(3)14(13)21(17,18)16-7-12-5-6-19-9-12/h5-6,9,15-16H,4,7-8H2,1-3H3. The number of sulfonamides is 1. The summed E-state index contributed by atoms with van der Waals surface area (Å²) >= 11 is 0. The molecule has 0 amide bonds. The van der Waals surface area contributed by atoms with Gasteiger partial charge in [-0.25, -0.2) is 13.1 Å². The number of hydrogen-bond acceptors (Lipinski definition) is 5. The van der Waals surface area contributed by atoms with E-state index in [1.165, 1.54) is 12.5 Å². The highest BCUT2D eigenvalue weighted by Gasteiger charge is 2.26. The Morgan fingerprint density at radius 2 is 1.95 bits per heavy atom. The van der Waals surface area contributed by atoms with Crippen molar-refractivity contribution in [2.45, 2.75) is 38.8 Å². The third-order valence-electron chi connectivity index (χ3n) is 3.19. The first kappa shape index (κ1) is 15.8. The Hall–Kier alpha value is -1.57. The summed E-state index contributed by atoms with van der Waals surface area (Å²) in [6, 6.07) is 1.72. The zero-order chi connectivity index (χ0) is 15.5. The van der Waals surface area contributed by atoms with Crippen molar-refractivity contribution in [1.82, 2.24) is 10.0 Å². The van der Waals surface area contributed by atoms with Gasteiger partial charge in [-0.15, -0.1) is 0 Å². The molecule has 21 heavy (non-hydrogen) atoms. The maximum atomic E-state index is 12.5. The molecule has 0 bridgehead atoms. The van der Waals surface area contributed by atoms with Gasteiger partial charge in [0.05, 0.1) is 12.5 Å². The van der Waals surface area contributed by atoms with Crippen molar-refractivity contribution in [3.05, 3.63) is 41.2 Å². The lowest BCUT2D eigenvalue weighted by Gasteiger charge is -2.08. The van der Waals surface area contributed by atoms with Gasteiger partial charge in [0, 0.05) is 24.2 Å². The van der Waals surface area contributed by atoms with Crippen LogP contribution in [0.15, 0.2) is 32.3 Å². The van der Waals surface area contributed by atoms with E-state index in [-0.39, 0.29) is 11.4 Å². The molecule has 0 saturated heterocycles. The second-order valence-electron chi connectivity index (χ2n) is 4.76. The molecule has 0 aliphatic carbocycles. The van der Waals surface area contributed by atoms with E-state index in [2.05, 4.69) is 10.0 Å². The second-order valence-corrected chi connectivity index (χ2v) is 6.46. The van der Waals surface area contributed by atoms with Gasteiger partial charge in [-0.1, -0.05) is 6.92 Å². The fourth-order valence-corrected chi connectivity index (χ4v) is 3.62. The topological polar surface area (TPSA) is 84.5 Å². The molecule has 2 rings (SSSR count). The lowest BCUT2D eigenvalue weighted by molar-refractivity contribution is 0.493. The van der Waals surface area contributed by atoms with Crippen LogP contribution in [0, 0.1) is 13.8 Å². The predicted octanol–water partition coefficient (Wildman–Crippen LogP) is 2.08. The quantitative estimate of drug-likeness (QED) is 0.817. The summed E-state index contributed by atoms with van der Waals surface area (Å²) in [4.78, 5) is 0.226. The molecule has 0 atom stereocenters. The van der Waals surface area contributed by atoms with Gasteiger partial charge in [-0.2, -0.15) is 0 Å². The van der Waals surface area contributed by atoms with Crippen LogP contribution in [0.4, 0.5) is 0 Å². The van der Waals surface area contributed by atoms with E-state index in [4.69, 9.17) is 8.83 Å². The van der Waals surface area contributed by atoms with Gasteiger partial charge >= 0.3 is 0 Å². The zero-order valence-electron chi connectivity index (χ0n) is 12.4. The fraction of sp³-hybridized carbons (Fsp3) is 0.429. The van der Waals surface area contributed by atoms with Crippen molar-refractivity contribution < 1.29 is 17.3 Å². The molecule has 116 valence electrons. The number of furan rings is 2. The maximum absolute atomic E-state index is 12.5. The lowest BCUT2D eigenvalue weighted by atomic mass is 10.2. The van der Waals surface area contributed by atoms with Crippen molar-refractivity contribution in [1.29, 1.82) is 0 Å². The third kappa shape index (κ3) is 3.55. The highest BCUT2D eigenvalue weighted by Crippen LogP contribution is 2.26. The van der Waals surface area contributed by atoms with Gasteiger partial charge in [-0.05, 0) is 26.5 Å². The number of nitrogens with one attached hydrogen (secondary N) is 2. The second kappa shape index (κ2) is 6.46. The molecule has 0 radical (unpaired) electrons. The van der Waals surface area contributed by atoms with Crippen LogP contribution in [0.1, 0.15) is 29.6 Å². The first-order valence-electron chi connectivity index (χ1n) is 6.76. The van der Waals surface area contributed by atoms with Crippen LogP contribution in [0.25, 0.3) is 0 Å². The number of aryl methyl sites for hydroxylation is 2. The molecule has 6 nitrogen and oxygen atoms in total. The van der Waals surface area contributed by atoms with Gasteiger partial charge in [0.2, 0.25) is 10.0 Å². The van der Waals surface area contributed by atoms with Crippen LogP contribution in [-0.4, -0.2) is 15.0 Å². The first-order valence-corrected chi connectivity index (χ1v) is 8.24. The van der Waals surface area contributed by atoms with E-state index in [0.717, 1.165) is 12.1 Å². The van der Waals surface area contributed by atoms with Crippen LogP contribution in [0.2, 0.25) is 0 Å². The largest absolute Gasteiger partial charge is 0.472 e. The molecule has 0 fully saturated rings. The van der Waals surface area contributed by atoms with Crippen LogP contribution in [0.3, 0.4) is 0 Å². The predicted molar refractivity (Wildman–Crippen MR) is 78.3 cm³/mol. The van der Waals surface area contributed by atoms with Crippen molar-refractivity contribution in [3.8, 4) is 0 Å². The Bertz CT molecular complexity index is 687. The zero-order valence-corrected chi connectivity index (χ0v) is 13.2. The Balaban J connectivity index is 2.26. The van der Waals surface area contributed by atoms with Crippen LogP contribution in [-0.2, 0) is 23.1 Å². The van der Waals surface area contributed by atoms with Crippen molar-refractivity contribution >= 4 is 10.0 Å². The van der Waals surface area contributed by atoms with Gasteiger partial charge < -0.3 is 14.2 Å². The molecular weight excluding hydrogens is 292 g/mol. The van der Waals surface area contributed by atoms with Crippen LogP contribution < -0.4 is 10.0 Å². The minimum Gasteiger partial charge on any atom is -0.472 e. The molecule has 0 spiro atoms. The number of hydrogen-bond donors (Lipinski definition) is 2. The summed E-state index contributed by atoms with van der Waals surface area (Å²) in [7, 11) is -3.63. The fourth-order valence-electron chi connectivity index (χ4n) is 2.16. The van der Waals surface area contributed by atoms with E-state index in [1.54, 1.807) is 19.9 Å². The van der Waals surface area contributed by atoms with E-state index >= 15 is 0 Å². The minimum absolute atomic E-state index is 0.184. The average molecular weight is 312 g/mol. The van der Waals surface area contributed by atoms with Gasteiger partial charge in [0.15, 0.2) is 0 Å². The van der Waals surface area contributed by atoms with E-state index < -0.39 is 10.0 Å². The van der Waals surface area contributed by atoms with E-state index in [0.29, 0.717) is 23.6 Å². The monoisotopic (exact) mass is 312 g/mol. The summed E-state index contributed by atoms with van der Waals surface area (Å²) in [6.45, 7) is 6.80. The summed E-state index contributed by atoms with van der Waals surface area (Å²) in [6.07, 6.45) is 3.02. The molecular formula is C14H20N2O4S. The highest BCUT2D eigenvalue weighted by molar-refractivity contribution is 7.89. The van der Waals surface area contributed by atoms with Crippen molar-refractivity contribution in [2.24, 2.45) is 0 Å². The third-order valence-corrected chi connectivity index (χ3v) is 4.79. The normalized spacial score (nSPS) is 12.0. The maximum Gasteiger partial charge on any atom is 0.244 e. The Morgan fingerprint density at radius 3 is 2.57 bits per heavy atom. The number of rotatable bonds is 7. The van der Waals surface area contributed by atoms with Gasteiger partial charge in [0.25, 0.3) is 0 Å². The average Bonchev–Trinajstić information content (AvgIpc) is 3.02. The summed E-state index contributed by atoms with van der Waals surface area (Å²) in [5.41, 5.74) is 1.44. The molecule has 0 aliphatic rings. The van der Waals surface area contributed by atoms with Crippen LogP contribution in [0.5, 0.6) is 0 Å². The first-order chi connectivity index (χ1) is 9.95. The molecule has 2 aromatic heterocycles. The molecule has 0 aromatic carbocycles. The smallest absolute Gasteiger partial charge is 0.244 e. The Morgan fingerprint density at radius 1 is 1.19 bits per heavy atom. The summed E-state index contributed by atoms with van der Waals surface area (Å²) < 4.78 is 38.0. The molecule has 7 heteroatoms. The molecule has 0 aliphatic heterocycles. The summed E-state index contributed by atoms with van der Waals surface area (Å²) in [5.74, 6) is 1.03. The van der Waals surface area contributed by atoms with Crippen molar-refractivity contribution in [3.63, 3.8) is 0 Å². The van der Waals surface area contributed by atoms with E-state index in [1.807, 2.05) is 6.92 Å². The molecule has 0 saturated carbocycles. The molecule has 2 N–H and O–H groups in total. The SMILES string of the molecule is CCNCc1c(C)oc(C)c1S(=O)(=O)NCc1ccoc1. The molecule has 2 aromatic rings. The molecule has 0 unspecified atom stereocenters. The van der Waals surface area contributed by atoms with Crippen molar-refractivity contribution in [2.75, 3.05) is 6.54 Å². The van der Waals surface area contributed by atoms with Gasteiger partial charge in [0.1, 0.15) is 16.4 Å². The van der Waals surface area contributed by atoms with Gasteiger partial charge in [-0.3, -0.25) is 0 Å². The van der Waals surface area contributed by atoms with Crippen LogP contribution >= 0.6 is 0 Å². The highest BCUT2D eigenvalue weighted by atomic mass is 32.2. The molecule has 2 heterocycles. The summed E-state index contributed by atoms with van der Waals surface area (Å²) in [5, 5.41) is 3.13. The Labute approximate surface area is 124 Å². The lowest BCUT2D eigenvalue weighted by Crippen LogP contribution is -2.25. The Kier molecular flexibility index (Phi) is 4.87. The minimum atomic E-state index is -3.63. The van der Waals surface area contributed by atoms with E-state index in [9.17, 15) is 8.42 Å².